The number of carbonyl (C=O) groups is 2. The fraction of sp³-hybridized carbons (Fsp3) is 0.467. The molecule has 1 N–H and O–H groups in total. The fourth-order valence-electron chi connectivity index (χ4n) is 2.38. The molecule has 0 aromatic heterocycles. The molecule has 5 heteroatoms. The molecule has 0 unspecified atom stereocenters. The highest BCUT2D eigenvalue weighted by Gasteiger charge is 2.24. The molecule has 1 aromatic carbocycles. The Hall–Kier alpha value is -1.49. The first-order valence-electron chi connectivity index (χ1n) is 6.98. The van der Waals surface area contributed by atoms with Crippen molar-refractivity contribution >= 4 is 24.4 Å². The van der Waals surface area contributed by atoms with E-state index in [1.165, 1.54) is 0 Å². The predicted molar refractivity (Wildman–Crippen MR) is 81.1 cm³/mol. The molecule has 0 saturated carbocycles. The molecular formula is C15H20N2O2S. The Labute approximate surface area is 124 Å². The van der Waals surface area contributed by atoms with Crippen LogP contribution in [0.25, 0.3) is 0 Å². The molecule has 2 amide bonds. The van der Waals surface area contributed by atoms with Crippen LogP contribution in [-0.4, -0.2) is 35.8 Å². The second kappa shape index (κ2) is 6.79. The maximum absolute atomic E-state index is 12.4. The van der Waals surface area contributed by atoms with Gasteiger partial charge in [-0.3, -0.25) is 9.59 Å². The first-order chi connectivity index (χ1) is 9.61. The molecule has 4 nitrogen and oxygen atoms in total. The van der Waals surface area contributed by atoms with E-state index < -0.39 is 0 Å². The Morgan fingerprint density at radius 2 is 1.95 bits per heavy atom. The summed E-state index contributed by atoms with van der Waals surface area (Å²) in [5, 5.41) is 2.99. The van der Waals surface area contributed by atoms with Gasteiger partial charge in [0, 0.05) is 30.4 Å². The van der Waals surface area contributed by atoms with Crippen molar-refractivity contribution in [3.05, 3.63) is 29.8 Å². The zero-order chi connectivity index (χ0) is 14.5. The van der Waals surface area contributed by atoms with Crippen molar-refractivity contribution < 1.29 is 9.59 Å². The third-order valence-electron chi connectivity index (χ3n) is 3.60. The van der Waals surface area contributed by atoms with Crippen LogP contribution in [0.15, 0.2) is 29.2 Å². The highest BCUT2D eigenvalue weighted by Crippen LogP contribution is 2.18. The molecule has 1 aromatic rings. The lowest BCUT2D eigenvalue weighted by Gasteiger charge is -2.32. The highest BCUT2D eigenvalue weighted by atomic mass is 32.1. The molecule has 0 atom stereocenters. The molecule has 1 aliphatic rings. The van der Waals surface area contributed by atoms with Gasteiger partial charge < -0.3 is 10.2 Å². The largest absolute Gasteiger partial charge is 0.353 e. The number of rotatable bonds is 3. The maximum Gasteiger partial charge on any atom is 0.254 e. The molecule has 0 bridgehead atoms. The summed E-state index contributed by atoms with van der Waals surface area (Å²) in [6, 6.07) is 7.53. The third-order valence-corrected chi connectivity index (χ3v) is 3.99. The first-order valence-corrected chi connectivity index (χ1v) is 7.43. The lowest BCUT2D eigenvalue weighted by molar-refractivity contribution is -0.121. The number of benzene rings is 1. The second-order valence-corrected chi connectivity index (χ2v) is 5.49. The van der Waals surface area contributed by atoms with Crippen LogP contribution in [0, 0.1) is 0 Å². The summed E-state index contributed by atoms with van der Waals surface area (Å²) < 4.78 is 0. The summed E-state index contributed by atoms with van der Waals surface area (Å²) in [5.74, 6) is 0.103. The molecule has 108 valence electrons. The molecule has 0 radical (unpaired) electrons. The molecule has 0 aliphatic carbocycles. The number of thiol groups is 1. The van der Waals surface area contributed by atoms with Crippen molar-refractivity contribution in [2.45, 2.75) is 37.1 Å². The van der Waals surface area contributed by atoms with E-state index in [0.717, 1.165) is 12.8 Å². The van der Waals surface area contributed by atoms with Gasteiger partial charge in [-0.15, -0.1) is 12.6 Å². The minimum absolute atomic E-state index is 0.0240. The van der Waals surface area contributed by atoms with Crippen LogP contribution < -0.4 is 5.32 Å². The number of amides is 2. The Bertz CT molecular complexity index is 496. The summed E-state index contributed by atoms with van der Waals surface area (Å²) in [6.45, 7) is 3.20. The lowest BCUT2D eigenvalue weighted by atomic mass is 10.0. The van der Waals surface area contributed by atoms with Gasteiger partial charge in [-0.25, -0.2) is 0 Å². The van der Waals surface area contributed by atoms with Crippen LogP contribution in [0.3, 0.4) is 0 Å². The minimum atomic E-state index is 0.0240. The van der Waals surface area contributed by atoms with Crippen LogP contribution in [0.1, 0.15) is 36.5 Å². The van der Waals surface area contributed by atoms with E-state index in [-0.39, 0.29) is 17.9 Å². The summed E-state index contributed by atoms with van der Waals surface area (Å²) in [6.07, 6.45) is 2.13. The van der Waals surface area contributed by atoms with Crippen molar-refractivity contribution in [1.29, 1.82) is 0 Å². The standard InChI is InChI=1S/C15H20N2O2S/c1-2-14(18)16-11-7-9-17(10-8-11)15(19)12-5-3-4-6-13(12)20/h3-6,11,20H,2,7-10H2,1H3,(H,16,18). The number of nitrogens with zero attached hydrogens (tertiary/aromatic N) is 1. The Morgan fingerprint density at radius 1 is 1.30 bits per heavy atom. The van der Waals surface area contributed by atoms with E-state index in [1.54, 1.807) is 6.07 Å². The second-order valence-electron chi connectivity index (χ2n) is 5.00. The van der Waals surface area contributed by atoms with Gasteiger partial charge in [0.1, 0.15) is 0 Å². The molecule has 0 spiro atoms. The van der Waals surface area contributed by atoms with Gasteiger partial charge in [0.25, 0.3) is 5.91 Å². The van der Waals surface area contributed by atoms with Gasteiger partial charge in [0.2, 0.25) is 5.91 Å². The van der Waals surface area contributed by atoms with E-state index in [1.807, 2.05) is 30.0 Å². The van der Waals surface area contributed by atoms with E-state index >= 15 is 0 Å². The third kappa shape index (κ3) is 3.54. The van der Waals surface area contributed by atoms with Crippen molar-refractivity contribution in [2.24, 2.45) is 0 Å². The quantitative estimate of drug-likeness (QED) is 0.838. The van der Waals surface area contributed by atoms with Crippen LogP contribution in [0.2, 0.25) is 0 Å². The number of hydrogen-bond donors (Lipinski definition) is 2. The molecule has 1 heterocycles. The monoisotopic (exact) mass is 292 g/mol. The topological polar surface area (TPSA) is 49.4 Å². The first kappa shape index (κ1) is 14.9. The minimum Gasteiger partial charge on any atom is -0.353 e. The normalized spacial score (nSPS) is 16.0. The highest BCUT2D eigenvalue weighted by molar-refractivity contribution is 7.80. The summed E-state index contributed by atoms with van der Waals surface area (Å²) in [7, 11) is 0. The summed E-state index contributed by atoms with van der Waals surface area (Å²) >= 11 is 4.33. The van der Waals surface area contributed by atoms with Gasteiger partial charge in [-0.1, -0.05) is 19.1 Å². The average Bonchev–Trinajstić information content (AvgIpc) is 2.47. The molecular weight excluding hydrogens is 272 g/mol. The maximum atomic E-state index is 12.4. The van der Waals surface area contributed by atoms with E-state index in [9.17, 15) is 9.59 Å². The Kier molecular flexibility index (Phi) is 5.06. The number of likely N-dealkylation sites (tertiary alicyclic amines) is 1. The van der Waals surface area contributed by atoms with E-state index in [2.05, 4.69) is 17.9 Å². The van der Waals surface area contributed by atoms with E-state index in [4.69, 9.17) is 0 Å². The molecule has 1 saturated heterocycles. The van der Waals surface area contributed by atoms with Gasteiger partial charge in [-0.2, -0.15) is 0 Å². The number of hydrogen-bond acceptors (Lipinski definition) is 3. The van der Waals surface area contributed by atoms with Crippen LogP contribution in [0.4, 0.5) is 0 Å². The molecule has 20 heavy (non-hydrogen) atoms. The summed E-state index contributed by atoms with van der Waals surface area (Å²) in [5.41, 5.74) is 0.645. The number of nitrogens with one attached hydrogen (secondary N) is 1. The smallest absolute Gasteiger partial charge is 0.254 e. The molecule has 1 aliphatic heterocycles. The average molecular weight is 292 g/mol. The number of carbonyl (C=O) groups excluding carboxylic acids is 2. The van der Waals surface area contributed by atoms with E-state index in [0.29, 0.717) is 30.0 Å². The van der Waals surface area contributed by atoms with Crippen LogP contribution in [-0.2, 0) is 4.79 Å². The van der Waals surface area contributed by atoms with Crippen molar-refractivity contribution in [3.63, 3.8) is 0 Å². The predicted octanol–water partition coefficient (Wildman–Crippen LogP) is 2.11. The van der Waals surface area contributed by atoms with Crippen LogP contribution >= 0.6 is 12.6 Å². The van der Waals surface area contributed by atoms with Crippen molar-refractivity contribution in [2.75, 3.05) is 13.1 Å². The van der Waals surface area contributed by atoms with Crippen molar-refractivity contribution in [3.8, 4) is 0 Å². The molecule has 2 rings (SSSR count). The van der Waals surface area contributed by atoms with Gasteiger partial charge >= 0.3 is 0 Å². The molecule has 1 fully saturated rings. The Balaban J connectivity index is 1.92. The lowest BCUT2D eigenvalue weighted by Crippen LogP contribution is -2.46. The summed E-state index contributed by atoms with van der Waals surface area (Å²) in [4.78, 5) is 26.3. The zero-order valence-corrected chi connectivity index (χ0v) is 12.5. The van der Waals surface area contributed by atoms with Gasteiger partial charge in [0.05, 0.1) is 5.56 Å². The Morgan fingerprint density at radius 3 is 2.55 bits per heavy atom. The fourth-order valence-corrected chi connectivity index (χ4v) is 2.64. The zero-order valence-electron chi connectivity index (χ0n) is 11.6. The van der Waals surface area contributed by atoms with Crippen LogP contribution in [0.5, 0.6) is 0 Å². The van der Waals surface area contributed by atoms with Crippen molar-refractivity contribution in [1.82, 2.24) is 10.2 Å². The SMILES string of the molecule is CCC(=O)NC1CCN(C(=O)c2ccccc2S)CC1. The van der Waals surface area contributed by atoms with Gasteiger partial charge in [-0.05, 0) is 25.0 Å². The number of piperidine rings is 1. The van der Waals surface area contributed by atoms with Gasteiger partial charge in [0.15, 0.2) is 0 Å².